The van der Waals surface area contributed by atoms with Crippen molar-refractivity contribution in [3.63, 3.8) is 0 Å². The summed E-state index contributed by atoms with van der Waals surface area (Å²) in [7, 11) is 0.182. The van der Waals surface area contributed by atoms with E-state index in [0.717, 1.165) is 57.4 Å². The minimum Gasteiger partial charge on any atom is -0.508 e. The van der Waals surface area contributed by atoms with Gasteiger partial charge in [0.15, 0.2) is 0 Å². The molecule has 1 aliphatic carbocycles. The number of nitrogens with zero attached hydrogens (tertiary/aromatic N) is 6. The van der Waals surface area contributed by atoms with Crippen LogP contribution in [-0.2, 0) is 63.8 Å². The van der Waals surface area contributed by atoms with Crippen LogP contribution in [0.1, 0.15) is 109 Å². The number of likely N-dealkylation sites (tertiary alicyclic amines) is 2. The Balaban J connectivity index is 0.888. The first-order valence-electron chi connectivity index (χ1n) is 28.7. The molecule has 11 rings (SSSR count). The van der Waals surface area contributed by atoms with Gasteiger partial charge in [-0.15, -0.1) is 0 Å². The Hall–Kier alpha value is -6.47. The SMILES string of the molecule is CCn1c(-c2cccnc2[C@H](C)OC)c2c3cc(ccc31)-c1cc(O)cc(c1)C[C@H](NC(=O)[C@H](C(C)C)N1CC[C@]3(CCN(C(=O)[C@H]4[C@@H](C5CC5)N4[S@](=O)c4ccc(C)cc4)C3)C1=O)C(=O)N1CCC[C@H](N1)C(=O)OCC(C)(C)C2. The summed E-state index contributed by atoms with van der Waals surface area (Å²) >= 11 is 0. The van der Waals surface area contributed by atoms with Crippen LogP contribution in [0, 0.1) is 29.6 Å². The number of hydrazine groups is 1. The molecule has 7 heterocycles. The predicted octanol–water partition coefficient (Wildman–Crippen LogP) is 7.42. The zero-order valence-corrected chi connectivity index (χ0v) is 48.1. The van der Waals surface area contributed by atoms with Crippen molar-refractivity contribution in [1.82, 2.24) is 39.4 Å². The molecule has 3 N–H and O–H groups in total. The molecule has 4 amide bonds. The van der Waals surface area contributed by atoms with Gasteiger partial charge in [-0.05, 0) is 148 Å². The molecule has 18 heteroatoms. The fourth-order valence-corrected chi connectivity index (χ4v) is 14.7. The number of fused-ring (bicyclic) bond motifs is 6. The molecule has 5 aliphatic heterocycles. The molecule has 1 unspecified atom stereocenters. The van der Waals surface area contributed by atoms with Crippen LogP contribution < -0.4 is 10.7 Å². The third-order valence-corrected chi connectivity index (χ3v) is 19.2. The van der Waals surface area contributed by atoms with Crippen molar-refractivity contribution in [2.75, 3.05) is 39.9 Å². The van der Waals surface area contributed by atoms with Crippen LogP contribution in [0.2, 0.25) is 0 Å². The molecule has 9 atom stereocenters. The quantitative estimate of drug-likeness (QED) is 0.0831. The van der Waals surface area contributed by atoms with Crippen LogP contribution in [0.4, 0.5) is 0 Å². The lowest BCUT2D eigenvalue weighted by atomic mass is 9.84. The molecule has 5 fully saturated rings. The smallest absolute Gasteiger partial charge is 0.324 e. The van der Waals surface area contributed by atoms with Crippen LogP contribution in [0.15, 0.2) is 83.9 Å². The van der Waals surface area contributed by atoms with Gasteiger partial charge in [0.1, 0.15) is 40.9 Å². The number of phenolic OH excluding ortho intramolecular Hbond substituents is 1. The third-order valence-electron chi connectivity index (χ3n) is 17.7. The number of aryl methyl sites for hydroxylation is 2. The molecule has 17 nitrogen and oxygen atoms in total. The third kappa shape index (κ3) is 10.4. The number of carbonyl (C=O) groups excluding carboxylic acids is 5. The van der Waals surface area contributed by atoms with Gasteiger partial charge in [-0.25, -0.2) is 13.9 Å². The molecule has 1 saturated carbocycles. The van der Waals surface area contributed by atoms with Crippen LogP contribution in [0.5, 0.6) is 5.75 Å². The fraction of sp³-hybridized carbons (Fsp3) is 0.516. The van der Waals surface area contributed by atoms with E-state index in [-0.39, 0.29) is 61.7 Å². The van der Waals surface area contributed by atoms with Crippen molar-refractivity contribution in [3.8, 4) is 28.1 Å². The molecular formula is C62H76N8O9S. The molecule has 2 aromatic heterocycles. The zero-order chi connectivity index (χ0) is 56.5. The minimum atomic E-state index is -1.49. The number of esters is 1. The average Bonchev–Trinajstić information content (AvgIpc) is 3.05. The highest BCUT2D eigenvalue weighted by Crippen LogP contribution is 2.51. The average molecular weight is 1110 g/mol. The Morgan fingerprint density at radius 2 is 1.73 bits per heavy atom. The van der Waals surface area contributed by atoms with Crippen molar-refractivity contribution < 1.29 is 42.8 Å². The van der Waals surface area contributed by atoms with Gasteiger partial charge in [0, 0.05) is 74.3 Å². The second kappa shape index (κ2) is 21.8. The number of hydrogen-bond donors (Lipinski definition) is 3. The van der Waals surface area contributed by atoms with Crippen molar-refractivity contribution >= 4 is 51.5 Å². The first-order chi connectivity index (χ1) is 38.3. The van der Waals surface area contributed by atoms with Gasteiger partial charge in [0.25, 0.3) is 5.91 Å². The number of methoxy groups -OCH3 is 1. The second-order valence-electron chi connectivity index (χ2n) is 24.5. The number of rotatable bonds is 12. The molecular weight excluding hydrogens is 1030 g/mol. The molecule has 424 valence electrons. The maximum absolute atomic E-state index is 15.1. The summed E-state index contributed by atoms with van der Waals surface area (Å²) in [6, 6.07) is 19.5. The summed E-state index contributed by atoms with van der Waals surface area (Å²) in [6.45, 7) is 15.9. The van der Waals surface area contributed by atoms with Crippen LogP contribution >= 0.6 is 0 Å². The lowest BCUT2D eigenvalue weighted by molar-refractivity contribution is -0.155. The number of phenols is 1. The summed E-state index contributed by atoms with van der Waals surface area (Å²) in [5.41, 5.74) is 9.71. The number of hydrogen-bond acceptors (Lipinski definition) is 11. The Labute approximate surface area is 471 Å². The van der Waals surface area contributed by atoms with E-state index >= 15 is 9.59 Å². The standard InChI is InChI=1S/C62H76N8O9S/c1-9-67-50-21-18-41-32-46(50)47(54(67)45-12-10-24-63-51(45)38(5)78-8)33-61(6,7)35-79-59(75)48-13-11-25-69(65-48)57(73)49(30-39-28-42(41)31-43(71)29-39)64-56(72)52(36(2)3)68-27-23-62(60(68)76)22-26-66(34-62)58(74)55-53(40-16-17-40)70(55)80(77)44-19-14-37(4)15-20-44/h10,12,14-15,18-21,24,28-29,31-32,36,38,40,48-49,52-53,55,65,71H,9,11,13,16-17,22-23,25-27,30,33-35H2,1-8H3,(H,64,72)/t38-,48-,49-,52-,53+,55+,62-,70?,80+/m0/s1. The molecule has 4 saturated heterocycles. The first kappa shape index (κ1) is 55.4. The summed E-state index contributed by atoms with van der Waals surface area (Å²) < 4.78 is 30.0. The van der Waals surface area contributed by atoms with Crippen LogP contribution in [-0.4, -0.2) is 138 Å². The monoisotopic (exact) mass is 1110 g/mol. The largest absolute Gasteiger partial charge is 0.508 e. The number of benzene rings is 3. The molecule has 6 bridgehead atoms. The summed E-state index contributed by atoms with van der Waals surface area (Å²) in [5, 5.41) is 17.0. The van der Waals surface area contributed by atoms with Crippen LogP contribution in [0.3, 0.4) is 0 Å². The molecule has 0 radical (unpaired) electrons. The highest BCUT2D eigenvalue weighted by atomic mass is 32.2. The van der Waals surface area contributed by atoms with E-state index in [0.29, 0.717) is 73.7 Å². The molecule has 1 spiro atoms. The molecule has 80 heavy (non-hydrogen) atoms. The molecule has 3 aromatic carbocycles. The van der Waals surface area contributed by atoms with Gasteiger partial charge in [0.2, 0.25) is 17.7 Å². The number of carbonyl (C=O) groups is 5. The highest BCUT2D eigenvalue weighted by Gasteiger charge is 2.64. The van der Waals surface area contributed by atoms with Gasteiger partial charge in [-0.2, -0.15) is 0 Å². The Kier molecular flexibility index (Phi) is 15.1. The van der Waals surface area contributed by atoms with Crippen molar-refractivity contribution in [1.29, 1.82) is 0 Å². The lowest BCUT2D eigenvalue weighted by Crippen LogP contribution is -2.62. The number of aromatic hydroxyl groups is 1. The van der Waals surface area contributed by atoms with Crippen molar-refractivity contribution in [3.05, 3.63) is 101 Å². The van der Waals surface area contributed by atoms with Gasteiger partial charge in [0.05, 0.1) is 40.5 Å². The predicted molar refractivity (Wildman–Crippen MR) is 304 cm³/mol. The second-order valence-corrected chi connectivity index (χ2v) is 25.8. The number of amides is 4. The van der Waals surface area contributed by atoms with Gasteiger partial charge < -0.3 is 34.3 Å². The fourth-order valence-electron chi connectivity index (χ4n) is 13.2. The number of aromatic nitrogens is 2. The topological polar surface area (TPSA) is 196 Å². The number of pyridine rings is 1. The summed E-state index contributed by atoms with van der Waals surface area (Å²) in [6.07, 6.45) is 5.81. The van der Waals surface area contributed by atoms with Crippen molar-refractivity contribution in [2.24, 2.45) is 22.7 Å². The van der Waals surface area contributed by atoms with E-state index < -0.39 is 63.8 Å². The first-order valence-corrected chi connectivity index (χ1v) is 29.8. The van der Waals surface area contributed by atoms with Crippen molar-refractivity contribution in [2.45, 2.75) is 148 Å². The lowest BCUT2D eigenvalue weighted by Gasteiger charge is -2.37. The molecule has 5 aromatic rings. The normalized spacial score (nSPS) is 26.1. The van der Waals surface area contributed by atoms with E-state index in [1.54, 1.807) is 35.2 Å². The van der Waals surface area contributed by atoms with E-state index in [2.05, 4.69) is 54.3 Å². The maximum Gasteiger partial charge on any atom is 0.324 e. The number of nitrogens with one attached hydrogen (secondary N) is 2. The summed E-state index contributed by atoms with van der Waals surface area (Å²) in [5.74, 6) is -1.82. The number of cyclic esters (lactones) is 1. The van der Waals surface area contributed by atoms with E-state index in [4.69, 9.17) is 14.5 Å². The zero-order valence-electron chi connectivity index (χ0n) is 47.3. The van der Waals surface area contributed by atoms with E-state index in [9.17, 15) is 23.7 Å². The highest BCUT2D eigenvalue weighted by molar-refractivity contribution is 7.83. The Bertz CT molecular complexity index is 3280. The maximum atomic E-state index is 15.1. The van der Waals surface area contributed by atoms with Gasteiger partial charge >= 0.3 is 5.97 Å². The molecule has 6 aliphatic rings. The van der Waals surface area contributed by atoms with E-state index in [1.165, 1.54) is 5.01 Å². The number of ether oxygens (including phenoxy) is 2. The van der Waals surface area contributed by atoms with Crippen LogP contribution in [0.25, 0.3) is 33.3 Å². The Morgan fingerprint density at radius 1 is 0.963 bits per heavy atom. The van der Waals surface area contributed by atoms with Gasteiger partial charge in [-0.1, -0.05) is 57.5 Å². The Morgan fingerprint density at radius 3 is 2.45 bits per heavy atom. The van der Waals surface area contributed by atoms with E-state index in [1.807, 2.05) is 74.5 Å². The summed E-state index contributed by atoms with van der Waals surface area (Å²) in [4.78, 5) is 82.4. The minimum absolute atomic E-state index is 0.0146. The van der Waals surface area contributed by atoms with Gasteiger partial charge in [-0.3, -0.25) is 34.0 Å².